The van der Waals surface area contributed by atoms with E-state index < -0.39 is 0 Å². The molecule has 0 saturated carbocycles. The summed E-state index contributed by atoms with van der Waals surface area (Å²) >= 11 is 0. The van der Waals surface area contributed by atoms with Gasteiger partial charge in [-0.1, -0.05) is 51.1 Å². The number of hydrogen-bond acceptors (Lipinski definition) is 7. The van der Waals surface area contributed by atoms with Gasteiger partial charge in [0.1, 0.15) is 23.7 Å². The van der Waals surface area contributed by atoms with Gasteiger partial charge in [0, 0.05) is 57.1 Å². The Morgan fingerprint density at radius 3 is 2.34 bits per heavy atom. The molecule has 2 aliphatic rings. The maximum atomic E-state index is 12.3. The number of rotatable bonds is 9. The molecule has 0 radical (unpaired) electrons. The highest BCUT2D eigenvalue weighted by atomic mass is 16.5. The van der Waals surface area contributed by atoms with Gasteiger partial charge in [-0.3, -0.25) is 14.6 Å². The molecule has 44 heavy (non-hydrogen) atoms. The van der Waals surface area contributed by atoms with Crippen LogP contribution in [0.25, 0.3) is 22.4 Å². The minimum absolute atomic E-state index is 0.00502. The lowest BCUT2D eigenvalue weighted by molar-refractivity contribution is -0.118. The quantitative estimate of drug-likeness (QED) is 0.281. The van der Waals surface area contributed by atoms with Crippen LogP contribution in [0, 0.1) is 0 Å². The Bertz CT molecular complexity index is 1530. The van der Waals surface area contributed by atoms with Crippen molar-refractivity contribution in [1.82, 2.24) is 19.8 Å². The van der Waals surface area contributed by atoms with Crippen LogP contribution in [0.1, 0.15) is 26.3 Å². The molecule has 232 valence electrons. The molecule has 1 aromatic heterocycles. The maximum absolute atomic E-state index is 12.3. The summed E-state index contributed by atoms with van der Waals surface area (Å²) in [5.74, 6) is 1.71. The zero-order chi connectivity index (χ0) is 30.5. The Kier molecular flexibility index (Phi) is 9.16. The van der Waals surface area contributed by atoms with Crippen LogP contribution in [0.5, 0.6) is 5.75 Å². The van der Waals surface area contributed by atoms with Crippen molar-refractivity contribution in [3.63, 3.8) is 0 Å². The highest BCUT2D eigenvalue weighted by molar-refractivity contribution is 5.92. The SMILES string of the molecule is CC(C)(C)c1ccc(-c2nc3c(N4CCN(CCOc5ccc(NC(=O)CN6CCOCC6)cc5)CC4)cccc3[nH]2)cc1. The molecule has 2 saturated heterocycles. The summed E-state index contributed by atoms with van der Waals surface area (Å²) in [4.78, 5) is 27.9. The molecular formula is C35H44N6O3. The lowest BCUT2D eigenvalue weighted by Gasteiger charge is -2.36. The normalized spacial score (nSPS) is 16.8. The molecule has 9 heteroatoms. The Morgan fingerprint density at radius 2 is 1.64 bits per heavy atom. The summed E-state index contributed by atoms with van der Waals surface area (Å²) in [7, 11) is 0. The molecule has 9 nitrogen and oxygen atoms in total. The molecule has 3 aromatic carbocycles. The number of imidazole rings is 1. The molecule has 1 amide bonds. The molecular weight excluding hydrogens is 552 g/mol. The van der Waals surface area contributed by atoms with E-state index in [0.29, 0.717) is 26.4 Å². The number of carbonyl (C=O) groups is 1. The first-order valence-electron chi connectivity index (χ1n) is 15.7. The third-order valence-electron chi connectivity index (χ3n) is 8.51. The van der Waals surface area contributed by atoms with E-state index >= 15 is 0 Å². The molecule has 2 fully saturated rings. The van der Waals surface area contributed by atoms with Crippen molar-refractivity contribution in [2.75, 3.05) is 82.4 Å². The number of amides is 1. The first-order valence-corrected chi connectivity index (χ1v) is 15.7. The number of H-pyrrole nitrogens is 1. The summed E-state index contributed by atoms with van der Waals surface area (Å²) in [5.41, 5.74) is 6.61. The predicted molar refractivity (Wildman–Crippen MR) is 177 cm³/mol. The number of benzene rings is 3. The number of morpholine rings is 1. The standard InChI is InChI=1S/C35H44N6O3/c1-35(2,3)27-9-7-26(8-10-27)34-37-30-5-4-6-31(33(30)38-34)41-17-15-39(16-18-41)21-24-44-29-13-11-28(12-14-29)36-32(42)25-40-19-22-43-23-20-40/h4-14H,15-25H2,1-3H3,(H,36,42)(H,37,38). The number of para-hydroxylation sites is 1. The van der Waals surface area contributed by atoms with Crippen molar-refractivity contribution in [3.05, 3.63) is 72.3 Å². The van der Waals surface area contributed by atoms with Crippen LogP contribution in [0.15, 0.2) is 66.7 Å². The molecule has 2 aliphatic heterocycles. The van der Waals surface area contributed by atoms with Crippen LogP contribution in [0.3, 0.4) is 0 Å². The van der Waals surface area contributed by atoms with Crippen LogP contribution in [-0.4, -0.2) is 97.9 Å². The van der Waals surface area contributed by atoms with Gasteiger partial charge in [-0.15, -0.1) is 0 Å². The van der Waals surface area contributed by atoms with Gasteiger partial charge < -0.3 is 24.7 Å². The molecule has 0 unspecified atom stereocenters. The van der Waals surface area contributed by atoms with Gasteiger partial charge in [0.25, 0.3) is 0 Å². The number of anilines is 2. The molecule has 4 aromatic rings. The third-order valence-corrected chi connectivity index (χ3v) is 8.51. The number of fused-ring (bicyclic) bond motifs is 1. The van der Waals surface area contributed by atoms with E-state index in [1.165, 1.54) is 11.3 Å². The van der Waals surface area contributed by atoms with Gasteiger partial charge in [0.15, 0.2) is 0 Å². The minimum atomic E-state index is -0.00502. The Balaban J connectivity index is 0.971. The van der Waals surface area contributed by atoms with Gasteiger partial charge >= 0.3 is 0 Å². The number of aromatic amines is 1. The van der Waals surface area contributed by atoms with Crippen LogP contribution in [-0.2, 0) is 14.9 Å². The largest absolute Gasteiger partial charge is 0.492 e. The second-order valence-electron chi connectivity index (χ2n) is 12.7. The van der Waals surface area contributed by atoms with Crippen molar-refractivity contribution in [2.24, 2.45) is 0 Å². The van der Waals surface area contributed by atoms with E-state index in [2.05, 4.69) is 88.2 Å². The highest BCUT2D eigenvalue weighted by Crippen LogP contribution is 2.30. The van der Waals surface area contributed by atoms with Gasteiger partial charge in [-0.05, 0) is 47.4 Å². The molecule has 6 rings (SSSR count). The summed E-state index contributed by atoms with van der Waals surface area (Å²) in [5, 5.41) is 2.97. The summed E-state index contributed by atoms with van der Waals surface area (Å²) in [6, 6.07) is 22.8. The molecule has 0 aliphatic carbocycles. The van der Waals surface area contributed by atoms with Crippen molar-refractivity contribution in [3.8, 4) is 17.1 Å². The minimum Gasteiger partial charge on any atom is -0.492 e. The van der Waals surface area contributed by atoms with Gasteiger partial charge in [0.05, 0.1) is 31.0 Å². The van der Waals surface area contributed by atoms with Gasteiger partial charge in [-0.25, -0.2) is 4.98 Å². The second-order valence-corrected chi connectivity index (χ2v) is 12.7. The fourth-order valence-electron chi connectivity index (χ4n) is 5.84. The first kappa shape index (κ1) is 30.1. The number of aromatic nitrogens is 2. The Labute approximate surface area is 260 Å². The molecule has 0 atom stereocenters. The van der Waals surface area contributed by atoms with E-state index in [0.717, 1.165) is 79.7 Å². The number of carbonyl (C=O) groups excluding carboxylic acids is 1. The predicted octanol–water partition coefficient (Wildman–Crippen LogP) is 5.00. The molecule has 0 bridgehead atoms. The van der Waals surface area contributed by atoms with Crippen LogP contribution in [0.4, 0.5) is 11.4 Å². The Morgan fingerprint density at radius 1 is 0.909 bits per heavy atom. The fourth-order valence-corrected chi connectivity index (χ4v) is 5.84. The molecule has 0 spiro atoms. The smallest absolute Gasteiger partial charge is 0.238 e. The van der Waals surface area contributed by atoms with E-state index in [1.807, 2.05) is 24.3 Å². The van der Waals surface area contributed by atoms with Crippen LogP contribution in [0.2, 0.25) is 0 Å². The number of hydrogen-bond donors (Lipinski definition) is 2. The first-order chi connectivity index (χ1) is 21.3. The van der Waals surface area contributed by atoms with Crippen molar-refractivity contribution >= 4 is 28.3 Å². The maximum Gasteiger partial charge on any atom is 0.238 e. The summed E-state index contributed by atoms with van der Waals surface area (Å²) in [6.07, 6.45) is 0. The summed E-state index contributed by atoms with van der Waals surface area (Å²) in [6.45, 7) is 15.4. The van der Waals surface area contributed by atoms with Gasteiger partial charge in [-0.2, -0.15) is 0 Å². The van der Waals surface area contributed by atoms with E-state index in [1.54, 1.807) is 0 Å². The summed E-state index contributed by atoms with van der Waals surface area (Å²) < 4.78 is 11.4. The highest BCUT2D eigenvalue weighted by Gasteiger charge is 2.21. The third kappa shape index (κ3) is 7.41. The van der Waals surface area contributed by atoms with Crippen LogP contribution < -0.4 is 15.0 Å². The Hall–Kier alpha value is -3.92. The zero-order valence-electron chi connectivity index (χ0n) is 26.1. The number of nitrogens with zero attached hydrogens (tertiary/aromatic N) is 4. The van der Waals surface area contributed by atoms with Crippen molar-refractivity contribution in [2.45, 2.75) is 26.2 Å². The topological polar surface area (TPSA) is 86.0 Å². The average Bonchev–Trinajstić information content (AvgIpc) is 3.47. The number of nitrogens with one attached hydrogen (secondary N) is 2. The van der Waals surface area contributed by atoms with Gasteiger partial charge in [0.2, 0.25) is 5.91 Å². The monoisotopic (exact) mass is 596 g/mol. The van der Waals surface area contributed by atoms with E-state index in [9.17, 15) is 4.79 Å². The molecule has 2 N–H and O–H groups in total. The lowest BCUT2D eigenvalue weighted by Crippen LogP contribution is -2.47. The second kappa shape index (κ2) is 13.4. The van der Waals surface area contributed by atoms with Crippen LogP contribution >= 0.6 is 0 Å². The van der Waals surface area contributed by atoms with E-state index in [4.69, 9.17) is 14.5 Å². The fraction of sp³-hybridized carbons (Fsp3) is 0.429. The zero-order valence-corrected chi connectivity index (χ0v) is 26.1. The number of ether oxygens (including phenoxy) is 2. The van der Waals surface area contributed by atoms with Crippen molar-refractivity contribution < 1.29 is 14.3 Å². The average molecular weight is 597 g/mol. The number of piperazine rings is 1. The van der Waals surface area contributed by atoms with Crippen molar-refractivity contribution in [1.29, 1.82) is 0 Å². The van der Waals surface area contributed by atoms with E-state index in [-0.39, 0.29) is 11.3 Å². The molecule has 3 heterocycles. The lowest BCUT2D eigenvalue weighted by atomic mass is 9.87.